The molecule has 0 atom stereocenters. The van der Waals surface area contributed by atoms with Crippen LogP contribution in [0.2, 0.25) is 0 Å². The minimum absolute atomic E-state index is 0.0155. The van der Waals surface area contributed by atoms with Crippen LogP contribution in [0.25, 0.3) is 0 Å². The van der Waals surface area contributed by atoms with Crippen LogP contribution in [0.4, 0.5) is 11.4 Å². The Labute approximate surface area is 208 Å². The highest BCUT2D eigenvalue weighted by atomic mass is 16.2. The summed E-state index contributed by atoms with van der Waals surface area (Å²) in [7, 11) is 0. The average molecular weight is 479 g/mol. The van der Waals surface area contributed by atoms with Gasteiger partial charge < -0.3 is 20.4 Å². The number of nitrogens with one attached hydrogen (secondary N) is 2. The van der Waals surface area contributed by atoms with Crippen molar-refractivity contribution in [3.05, 3.63) is 59.7 Å². The van der Waals surface area contributed by atoms with E-state index in [9.17, 15) is 14.4 Å². The molecule has 2 aromatic carbocycles. The first-order chi connectivity index (χ1) is 16.9. The number of amides is 3. The number of rotatable bonds is 10. The third kappa shape index (κ3) is 7.57. The Hall–Kier alpha value is -3.35. The van der Waals surface area contributed by atoms with Gasteiger partial charge in [0, 0.05) is 48.7 Å². The van der Waals surface area contributed by atoms with Crippen molar-refractivity contribution in [2.24, 2.45) is 5.92 Å². The summed E-state index contributed by atoms with van der Waals surface area (Å²) in [6, 6.07) is 14.3. The molecule has 0 aromatic heterocycles. The van der Waals surface area contributed by atoms with Crippen LogP contribution in [-0.2, 0) is 4.79 Å². The molecule has 0 unspecified atom stereocenters. The monoisotopic (exact) mass is 478 g/mol. The van der Waals surface area contributed by atoms with Crippen LogP contribution >= 0.6 is 0 Å². The Balaban J connectivity index is 1.52. The number of nitrogens with zero attached hydrogens (tertiary/aromatic N) is 2. The lowest BCUT2D eigenvalue weighted by Gasteiger charge is -2.30. The van der Waals surface area contributed by atoms with Gasteiger partial charge in [0.25, 0.3) is 11.8 Å². The van der Waals surface area contributed by atoms with Gasteiger partial charge in [0.1, 0.15) is 0 Å². The normalized spacial score (nSPS) is 13.9. The second-order valence-electron chi connectivity index (χ2n) is 9.33. The Morgan fingerprint density at radius 2 is 1.57 bits per heavy atom. The molecule has 1 saturated heterocycles. The molecular weight excluding hydrogens is 440 g/mol. The third-order valence-corrected chi connectivity index (χ3v) is 6.32. The predicted molar refractivity (Wildman–Crippen MR) is 141 cm³/mol. The summed E-state index contributed by atoms with van der Waals surface area (Å²) in [5, 5.41) is 5.95. The van der Waals surface area contributed by atoms with Crippen LogP contribution in [0.15, 0.2) is 48.5 Å². The standard InChI is InChI=1S/C28H38N4O3/c1-4-15-31(16-5-2)27(34)22-9-11-24(12-10-22)30-26(33)20-29-25-8-6-7-23(19-25)28(35)32-17-13-21(3)14-18-32/h6-12,19,21,29H,4-5,13-18,20H2,1-3H3,(H,30,33). The smallest absolute Gasteiger partial charge is 0.253 e. The van der Waals surface area contributed by atoms with Crippen LogP contribution < -0.4 is 10.6 Å². The maximum atomic E-state index is 12.8. The molecule has 2 aromatic rings. The second-order valence-corrected chi connectivity index (χ2v) is 9.33. The molecule has 1 aliphatic rings. The van der Waals surface area contributed by atoms with E-state index in [1.807, 2.05) is 28.0 Å². The summed E-state index contributed by atoms with van der Waals surface area (Å²) in [6.45, 7) is 9.47. The summed E-state index contributed by atoms with van der Waals surface area (Å²) in [5.74, 6) is 0.515. The molecule has 0 radical (unpaired) electrons. The first kappa shape index (κ1) is 26.3. The van der Waals surface area contributed by atoms with Gasteiger partial charge in [0.05, 0.1) is 6.54 Å². The van der Waals surface area contributed by atoms with Gasteiger partial charge in [-0.25, -0.2) is 0 Å². The SMILES string of the molecule is CCCN(CCC)C(=O)c1ccc(NC(=O)CNc2cccc(C(=O)N3CCC(C)CC3)c2)cc1. The molecule has 0 saturated carbocycles. The molecule has 0 bridgehead atoms. The summed E-state index contributed by atoms with van der Waals surface area (Å²) < 4.78 is 0. The topological polar surface area (TPSA) is 81.8 Å². The average Bonchev–Trinajstić information content (AvgIpc) is 2.87. The van der Waals surface area contributed by atoms with Crippen LogP contribution in [-0.4, -0.2) is 60.2 Å². The van der Waals surface area contributed by atoms with Gasteiger partial charge in [-0.15, -0.1) is 0 Å². The van der Waals surface area contributed by atoms with E-state index in [0.717, 1.165) is 57.5 Å². The molecule has 3 amide bonds. The molecule has 35 heavy (non-hydrogen) atoms. The van der Waals surface area contributed by atoms with Crippen molar-refractivity contribution in [1.82, 2.24) is 9.80 Å². The van der Waals surface area contributed by atoms with E-state index in [1.54, 1.807) is 30.3 Å². The van der Waals surface area contributed by atoms with Crippen molar-refractivity contribution in [2.75, 3.05) is 43.4 Å². The van der Waals surface area contributed by atoms with Crippen LogP contribution in [0.5, 0.6) is 0 Å². The number of likely N-dealkylation sites (tertiary alicyclic amines) is 1. The van der Waals surface area contributed by atoms with E-state index < -0.39 is 0 Å². The fourth-order valence-electron chi connectivity index (χ4n) is 4.28. The van der Waals surface area contributed by atoms with Crippen molar-refractivity contribution in [2.45, 2.75) is 46.5 Å². The van der Waals surface area contributed by atoms with Crippen molar-refractivity contribution >= 4 is 29.1 Å². The summed E-state index contributed by atoms with van der Waals surface area (Å²) >= 11 is 0. The molecule has 7 heteroatoms. The highest BCUT2D eigenvalue weighted by Gasteiger charge is 2.21. The van der Waals surface area contributed by atoms with E-state index in [2.05, 4.69) is 31.4 Å². The molecule has 1 heterocycles. The molecule has 2 N–H and O–H groups in total. The van der Waals surface area contributed by atoms with Gasteiger partial charge in [-0.3, -0.25) is 14.4 Å². The first-order valence-electron chi connectivity index (χ1n) is 12.7. The van der Waals surface area contributed by atoms with Gasteiger partial charge in [-0.05, 0) is 74.1 Å². The Bertz CT molecular complexity index is 992. The first-order valence-corrected chi connectivity index (χ1v) is 12.7. The number of piperidine rings is 1. The number of carbonyl (C=O) groups is 3. The third-order valence-electron chi connectivity index (χ3n) is 6.32. The highest BCUT2D eigenvalue weighted by Crippen LogP contribution is 2.20. The Morgan fingerprint density at radius 1 is 0.914 bits per heavy atom. The summed E-state index contributed by atoms with van der Waals surface area (Å²) in [4.78, 5) is 41.8. The number of anilines is 2. The molecule has 3 rings (SSSR count). The van der Waals surface area contributed by atoms with Gasteiger partial charge in [0.15, 0.2) is 0 Å². The predicted octanol–water partition coefficient (Wildman–Crippen LogP) is 4.87. The van der Waals surface area contributed by atoms with Crippen molar-refractivity contribution in [1.29, 1.82) is 0 Å². The number of benzene rings is 2. The summed E-state index contributed by atoms with van der Waals surface area (Å²) in [5.41, 5.74) is 2.61. The summed E-state index contributed by atoms with van der Waals surface area (Å²) in [6.07, 6.45) is 3.91. The van der Waals surface area contributed by atoms with Crippen molar-refractivity contribution in [3.8, 4) is 0 Å². The molecule has 0 aliphatic carbocycles. The largest absolute Gasteiger partial charge is 0.376 e. The zero-order valence-electron chi connectivity index (χ0n) is 21.2. The molecule has 1 aliphatic heterocycles. The van der Waals surface area contributed by atoms with Crippen LogP contribution in [0.3, 0.4) is 0 Å². The van der Waals surface area contributed by atoms with E-state index >= 15 is 0 Å². The lowest BCUT2D eigenvalue weighted by atomic mass is 9.98. The van der Waals surface area contributed by atoms with Crippen LogP contribution in [0.1, 0.15) is 67.2 Å². The quantitative estimate of drug-likeness (QED) is 0.510. The lowest BCUT2D eigenvalue weighted by molar-refractivity contribution is -0.114. The maximum absolute atomic E-state index is 12.8. The van der Waals surface area contributed by atoms with Crippen molar-refractivity contribution < 1.29 is 14.4 Å². The van der Waals surface area contributed by atoms with Gasteiger partial charge in [-0.2, -0.15) is 0 Å². The number of hydrogen-bond donors (Lipinski definition) is 2. The minimum atomic E-state index is -0.204. The molecule has 188 valence electrons. The van der Waals surface area contributed by atoms with Gasteiger partial charge in [-0.1, -0.05) is 26.8 Å². The second kappa shape index (κ2) is 12.9. The Kier molecular flexibility index (Phi) is 9.70. The van der Waals surface area contributed by atoms with Crippen molar-refractivity contribution in [3.63, 3.8) is 0 Å². The van der Waals surface area contributed by atoms with E-state index in [4.69, 9.17) is 0 Å². The number of carbonyl (C=O) groups excluding carboxylic acids is 3. The highest BCUT2D eigenvalue weighted by molar-refractivity contribution is 5.97. The fraction of sp³-hybridized carbons (Fsp3) is 0.464. The molecular formula is C28H38N4O3. The molecule has 7 nitrogen and oxygen atoms in total. The van der Waals surface area contributed by atoms with Gasteiger partial charge in [0.2, 0.25) is 5.91 Å². The van der Waals surface area contributed by atoms with E-state index in [0.29, 0.717) is 22.7 Å². The zero-order valence-corrected chi connectivity index (χ0v) is 21.2. The van der Waals surface area contributed by atoms with E-state index in [-0.39, 0.29) is 24.3 Å². The zero-order chi connectivity index (χ0) is 25.2. The minimum Gasteiger partial charge on any atom is -0.376 e. The Morgan fingerprint density at radius 3 is 2.20 bits per heavy atom. The van der Waals surface area contributed by atoms with E-state index in [1.165, 1.54) is 0 Å². The maximum Gasteiger partial charge on any atom is 0.253 e. The molecule has 0 spiro atoms. The van der Waals surface area contributed by atoms with Gasteiger partial charge >= 0.3 is 0 Å². The lowest BCUT2D eigenvalue weighted by Crippen LogP contribution is -2.37. The van der Waals surface area contributed by atoms with Crippen LogP contribution in [0, 0.1) is 5.92 Å². The fourth-order valence-corrected chi connectivity index (χ4v) is 4.28. The number of hydrogen-bond acceptors (Lipinski definition) is 4. The molecule has 1 fully saturated rings.